The van der Waals surface area contributed by atoms with Gasteiger partial charge in [0.05, 0.1) is 27.7 Å². The van der Waals surface area contributed by atoms with Crippen LogP contribution in [0.25, 0.3) is 17.1 Å². The number of nitrogens with zero attached hydrogens (tertiary/aromatic N) is 8. The highest BCUT2D eigenvalue weighted by Crippen LogP contribution is 2.26. The Hall–Kier alpha value is -5.54. The van der Waals surface area contributed by atoms with Crippen LogP contribution in [0.15, 0.2) is 58.3 Å². The lowest BCUT2D eigenvalue weighted by molar-refractivity contribution is -0.394. The molecule has 0 spiro atoms. The van der Waals surface area contributed by atoms with Gasteiger partial charge in [0, 0.05) is 11.6 Å². The van der Waals surface area contributed by atoms with E-state index < -0.39 is 27.1 Å². The summed E-state index contributed by atoms with van der Waals surface area (Å²) in [5.41, 5.74) is 7.44. The Labute approximate surface area is 187 Å². The first-order valence-corrected chi connectivity index (χ1v) is 9.22. The first kappa shape index (κ1) is 21.7. The number of nitro groups is 2. The van der Waals surface area contributed by atoms with Crippen LogP contribution in [0.4, 0.5) is 17.2 Å². The van der Waals surface area contributed by atoms with Gasteiger partial charge in [-0.1, -0.05) is 35.5 Å². The molecule has 3 N–H and O–H groups in total. The largest absolute Gasteiger partial charge is 0.378 e. The van der Waals surface area contributed by atoms with Gasteiger partial charge < -0.3 is 5.73 Å². The lowest BCUT2D eigenvalue weighted by Gasteiger charge is -2.05. The third-order valence-corrected chi connectivity index (χ3v) is 4.42. The zero-order valence-corrected chi connectivity index (χ0v) is 16.8. The summed E-state index contributed by atoms with van der Waals surface area (Å²) < 4.78 is 5.76. The quantitative estimate of drug-likeness (QED) is 0.226. The number of nitro benzene ring substituents is 2. The number of benzene rings is 2. The molecule has 0 unspecified atom stereocenters. The highest BCUT2D eigenvalue weighted by Gasteiger charge is 2.25. The molecule has 0 atom stereocenters. The standard InChI is InChI=1S/C18H12N10O6/c19-16-17(24-34-23-16)26-15(10-4-2-1-3-5-10)14(21-25-26)18(29)22-20-9-11-6-7-12(27(30)31)8-13(11)28(32)33/h1-9H,(H2,19,23)(H,22,29)/b20-9-. The number of amides is 1. The lowest BCUT2D eigenvalue weighted by Crippen LogP contribution is -2.19. The number of hydrogen-bond acceptors (Lipinski definition) is 12. The number of hydrazone groups is 1. The number of rotatable bonds is 7. The summed E-state index contributed by atoms with van der Waals surface area (Å²) in [6, 6.07) is 11.6. The Morgan fingerprint density at radius 2 is 1.88 bits per heavy atom. The fourth-order valence-corrected chi connectivity index (χ4v) is 2.90. The van der Waals surface area contributed by atoms with Gasteiger partial charge in [-0.05, 0) is 16.4 Å². The zero-order valence-electron chi connectivity index (χ0n) is 16.8. The van der Waals surface area contributed by atoms with Crippen LogP contribution >= 0.6 is 0 Å². The molecule has 34 heavy (non-hydrogen) atoms. The second kappa shape index (κ2) is 8.91. The van der Waals surface area contributed by atoms with E-state index in [0.29, 0.717) is 5.56 Å². The number of aromatic nitrogens is 5. The first-order valence-electron chi connectivity index (χ1n) is 9.22. The van der Waals surface area contributed by atoms with Crippen molar-refractivity contribution in [3.05, 3.63) is 80.0 Å². The summed E-state index contributed by atoms with van der Waals surface area (Å²) >= 11 is 0. The molecule has 2 aromatic heterocycles. The monoisotopic (exact) mass is 464 g/mol. The average Bonchev–Trinajstić information content (AvgIpc) is 3.45. The molecule has 2 aromatic carbocycles. The van der Waals surface area contributed by atoms with Crippen LogP contribution < -0.4 is 11.2 Å². The summed E-state index contributed by atoms with van der Waals surface area (Å²) in [6.07, 6.45) is 0.978. The van der Waals surface area contributed by atoms with Crippen molar-refractivity contribution in [2.45, 2.75) is 0 Å². The Bertz CT molecular complexity index is 1430. The minimum Gasteiger partial charge on any atom is -0.378 e. The van der Waals surface area contributed by atoms with Crippen molar-refractivity contribution in [3.63, 3.8) is 0 Å². The smallest absolute Gasteiger partial charge is 0.294 e. The van der Waals surface area contributed by atoms with Gasteiger partial charge in [-0.3, -0.25) is 25.0 Å². The van der Waals surface area contributed by atoms with Crippen LogP contribution in [0.5, 0.6) is 0 Å². The molecule has 0 bridgehead atoms. The minimum absolute atomic E-state index is 0.00964. The van der Waals surface area contributed by atoms with Crippen LogP contribution in [0.3, 0.4) is 0 Å². The molecule has 0 saturated carbocycles. The van der Waals surface area contributed by atoms with E-state index in [4.69, 9.17) is 5.73 Å². The predicted molar refractivity (Wildman–Crippen MR) is 114 cm³/mol. The maximum atomic E-state index is 12.8. The minimum atomic E-state index is -0.805. The summed E-state index contributed by atoms with van der Waals surface area (Å²) in [7, 11) is 0. The molecule has 16 nitrogen and oxygen atoms in total. The van der Waals surface area contributed by atoms with E-state index in [-0.39, 0.29) is 28.6 Å². The molecule has 0 aliphatic carbocycles. The van der Waals surface area contributed by atoms with Crippen molar-refractivity contribution < 1.29 is 19.3 Å². The molecular formula is C18H12N10O6. The van der Waals surface area contributed by atoms with E-state index >= 15 is 0 Å². The molecule has 4 aromatic rings. The van der Waals surface area contributed by atoms with E-state index in [2.05, 4.69) is 35.8 Å². The second-order valence-corrected chi connectivity index (χ2v) is 6.49. The molecule has 16 heteroatoms. The maximum Gasteiger partial charge on any atom is 0.294 e. The number of carbonyl (C=O) groups is 1. The Morgan fingerprint density at radius 3 is 2.53 bits per heavy atom. The van der Waals surface area contributed by atoms with Crippen LogP contribution in [0, 0.1) is 20.2 Å². The molecule has 0 saturated heterocycles. The summed E-state index contributed by atoms with van der Waals surface area (Å²) in [5.74, 6) is -0.881. The Kier molecular flexibility index (Phi) is 5.68. The third kappa shape index (κ3) is 4.13. The SMILES string of the molecule is Nc1nonc1-n1nnc(C(=O)N/N=C\c2ccc([N+](=O)[O-])cc2[N+](=O)[O-])c1-c1ccccc1. The van der Waals surface area contributed by atoms with Crippen molar-refractivity contribution >= 4 is 29.3 Å². The fourth-order valence-electron chi connectivity index (χ4n) is 2.90. The predicted octanol–water partition coefficient (Wildman–Crippen LogP) is 1.48. The van der Waals surface area contributed by atoms with Gasteiger partial charge in [0.1, 0.15) is 5.69 Å². The van der Waals surface area contributed by atoms with Crippen LogP contribution in [-0.2, 0) is 0 Å². The first-order chi connectivity index (χ1) is 16.4. The van der Waals surface area contributed by atoms with Gasteiger partial charge in [0.2, 0.25) is 11.6 Å². The maximum absolute atomic E-state index is 12.8. The van der Waals surface area contributed by atoms with Gasteiger partial charge in [-0.25, -0.2) is 10.1 Å². The highest BCUT2D eigenvalue weighted by molar-refractivity contribution is 5.99. The number of nitrogens with two attached hydrogens (primary N) is 1. The number of nitrogen functional groups attached to an aromatic ring is 1. The van der Waals surface area contributed by atoms with Gasteiger partial charge in [0.25, 0.3) is 17.3 Å². The molecule has 0 fully saturated rings. The molecule has 0 aliphatic rings. The van der Waals surface area contributed by atoms with Crippen LogP contribution in [0.1, 0.15) is 16.1 Å². The Balaban J connectivity index is 1.66. The second-order valence-electron chi connectivity index (χ2n) is 6.49. The van der Waals surface area contributed by atoms with Crippen molar-refractivity contribution in [2.24, 2.45) is 5.10 Å². The molecule has 2 heterocycles. The summed E-state index contributed by atoms with van der Waals surface area (Å²) in [6.45, 7) is 0. The van der Waals surface area contributed by atoms with Gasteiger partial charge in [-0.2, -0.15) is 9.78 Å². The summed E-state index contributed by atoms with van der Waals surface area (Å²) in [5, 5.41) is 40.7. The normalized spacial score (nSPS) is 10.9. The van der Waals surface area contributed by atoms with Crippen LogP contribution in [-0.4, -0.2) is 47.3 Å². The molecular weight excluding hydrogens is 452 g/mol. The van der Waals surface area contributed by atoms with Gasteiger partial charge in [-0.15, -0.1) is 5.10 Å². The number of carbonyl (C=O) groups excluding carboxylic acids is 1. The summed E-state index contributed by atoms with van der Waals surface area (Å²) in [4.78, 5) is 33.3. The molecule has 0 radical (unpaired) electrons. The molecule has 0 aliphatic heterocycles. The number of hydrogen-bond donors (Lipinski definition) is 2. The highest BCUT2D eigenvalue weighted by atomic mass is 16.6. The van der Waals surface area contributed by atoms with Crippen molar-refractivity contribution in [2.75, 3.05) is 5.73 Å². The fraction of sp³-hybridized carbons (Fsp3) is 0. The van der Waals surface area contributed by atoms with Crippen molar-refractivity contribution in [1.29, 1.82) is 0 Å². The average molecular weight is 464 g/mol. The van der Waals surface area contributed by atoms with Gasteiger partial charge >= 0.3 is 0 Å². The third-order valence-electron chi connectivity index (χ3n) is 4.42. The van der Waals surface area contributed by atoms with Crippen LogP contribution in [0.2, 0.25) is 0 Å². The zero-order chi connectivity index (χ0) is 24.2. The molecule has 170 valence electrons. The van der Waals surface area contributed by atoms with E-state index in [9.17, 15) is 25.0 Å². The van der Waals surface area contributed by atoms with E-state index in [1.54, 1.807) is 30.3 Å². The lowest BCUT2D eigenvalue weighted by atomic mass is 10.1. The van der Waals surface area contributed by atoms with Crippen molar-refractivity contribution in [3.8, 4) is 17.1 Å². The topological polar surface area (TPSA) is 223 Å². The van der Waals surface area contributed by atoms with E-state index in [0.717, 1.165) is 24.4 Å². The number of anilines is 1. The number of nitrogens with one attached hydrogen (secondary N) is 1. The van der Waals surface area contributed by atoms with Crippen molar-refractivity contribution in [1.82, 2.24) is 30.7 Å². The Morgan fingerprint density at radius 1 is 1.12 bits per heavy atom. The van der Waals surface area contributed by atoms with Gasteiger partial charge in [0.15, 0.2) is 5.69 Å². The van der Waals surface area contributed by atoms with E-state index in [1.165, 1.54) is 4.68 Å². The number of non-ortho nitro benzene ring substituents is 1. The molecule has 4 rings (SSSR count). The van der Waals surface area contributed by atoms with E-state index in [1.807, 2.05) is 0 Å². The molecule has 1 amide bonds.